The number of hydrogen-bond donors (Lipinski definition) is 0. The molecule has 60 valence electrons. The van der Waals surface area contributed by atoms with E-state index in [1.165, 1.54) is 0 Å². The third-order valence-corrected chi connectivity index (χ3v) is 1.55. The molecule has 0 rings (SSSR count). The SMILES string of the molecule is CCC(OC=O)N(C)CC. The molecule has 0 saturated heterocycles. The molecule has 0 aromatic rings. The first-order valence-corrected chi connectivity index (χ1v) is 3.55. The highest BCUT2D eigenvalue weighted by Crippen LogP contribution is 2.00. The predicted octanol–water partition coefficient (Wildman–Crippen LogP) is 0.847. The lowest BCUT2D eigenvalue weighted by Crippen LogP contribution is -2.32. The first-order valence-electron chi connectivity index (χ1n) is 3.55. The van der Waals surface area contributed by atoms with Crippen LogP contribution < -0.4 is 0 Å². The van der Waals surface area contributed by atoms with E-state index in [1.54, 1.807) is 0 Å². The molecule has 0 N–H and O–H groups in total. The average molecular weight is 145 g/mol. The Morgan fingerprint density at radius 1 is 1.60 bits per heavy atom. The van der Waals surface area contributed by atoms with Crippen molar-refractivity contribution in [1.82, 2.24) is 4.90 Å². The van der Waals surface area contributed by atoms with Crippen LogP contribution in [0.25, 0.3) is 0 Å². The number of rotatable bonds is 5. The van der Waals surface area contributed by atoms with Gasteiger partial charge in [-0.1, -0.05) is 13.8 Å². The zero-order chi connectivity index (χ0) is 7.98. The maximum absolute atomic E-state index is 9.95. The molecular weight excluding hydrogens is 130 g/mol. The molecule has 0 radical (unpaired) electrons. The van der Waals surface area contributed by atoms with Gasteiger partial charge < -0.3 is 4.74 Å². The van der Waals surface area contributed by atoms with Crippen molar-refractivity contribution in [1.29, 1.82) is 0 Å². The highest BCUT2D eigenvalue weighted by atomic mass is 16.5. The van der Waals surface area contributed by atoms with Crippen LogP contribution in [0.2, 0.25) is 0 Å². The molecule has 0 saturated carbocycles. The van der Waals surface area contributed by atoms with Crippen LogP contribution >= 0.6 is 0 Å². The van der Waals surface area contributed by atoms with Crippen LogP contribution in [-0.2, 0) is 9.53 Å². The summed E-state index contributed by atoms with van der Waals surface area (Å²) in [7, 11) is 1.93. The van der Waals surface area contributed by atoms with E-state index in [0.29, 0.717) is 6.47 Å². The summed E-state index contributed by atoms with van der Waals surface area (Å²) >= 11 is 0. The molecule has 1 unspecified atom stereocenters. The first kappa shape index (κ1) is 9.43. The fourth-order valence-corrected chi connectivity index (χ4v) is 0.780. The van der Waals surface area contributed by atoms with Crippen LogP contribution in [0.5, 0.6) is 0 Å². The van der Waals surface area contributed by atoms with Gasteiger partial charge in [0, 0.05) is 0 Å². The zero-order valence-electron chi connectivity index (χ0n) is 6.83. The summed E-state index contributed by atoms with van der Waals surface area (Å²) in [6.07, 6.45) is 0.783. The number of ether oxygens (including phenoxy) is 1. The Hall–Kier alpha value is -0.570. The summed E-state index contributed by atoms with van der Waals surface area (Å²) in [5, 5.41) is 0. The number of nitrogens with zero attached hydrogens (tertiary/aromatic N) is 1. The molecule has 0 aliphatic heterocycles. The van der Waals surface area contributed by atoms with E-state index in [0.717, 1.165) is 13.0 Å². The van der Waals surface area contributed by atoms with Crippen molar-refractivity contribution >= 4 is 6.47 Å². The minimum absolute atomic E-state index is 0.0532. The van der Waals surface area contributed by atoms with Crippen molar-refractivity contribution < 1.29 is 9.53 Å². The Morgan fingerprint density at radius 3 is 2.50 bits per heavy atom. The monoisotopic (exact) mass is 145 g/mol. The van der Waals surface area contributed by atoms with Crippen LogP contribution in [0.4, 0.5) is 0 Å². The van der Waals surface area contributed by atoms with E-state index < -0.39 is 0 Å². The van der Waals surface area contributed by atoms with Crippen molar-refractivity contribution in [3.8, 4) is 0 Å². The second-order valence-corrected chi connectivity index (χ2v) is 2.17. The summed E-state index contributed by atoms with van der Waals surface area (Å²) in [5.41, 5.74) is 0. The number of carbonyl (C=O) groups excluding carboxylic acids is 1. The van der Waals surface area contributed by atoms with E-state index in [1.807, 2.05) is 25.8 Å². The number of hydrogen-bond acceptors (Lipinski definition) is 3. The fraction of sp³-hybridized carbons (Fsp3) is 0.857. The Balaban J connectivity index is 3.67. The van der Waals surface area contributed by atoms with E-state index in [2.05, 4.69) is 0 Å². The third kappa shape index (κ3) is 2.82. The van der Waals surface area contributed by atoms with Crippen LogP contribution in [0, 0.1) is 0 Å². The molecule has 0 aromatic heterocycles. The van der Waals surface area contributed by atoms with E-state index >= 15 is 0 Å². The van der Waals surface area contributed by atoms with Crippen molar-refractivity contribution in [2.24, 2.45) is 0 Å². The highest BCUT2D eigenvalue weighted by Gasteiger charge is 2.09. The van der Waals surface area contributed by atoms with Gasteiger partial charge in [0.1, 0.15) is 0 Å². The molecule has 0 aliphatic carbocycles. The molecule has 0 spiro atoms. The predicted molar refractivity (Wildman–Crippen MR) is 39.5 cm³/mol. The van der Waals surface area contributed by atoms with Crippen LogP contribution in [0.3, 0.4) is 0 Å². The van der Waals surface area contributed by atoms with Crippen LogP contribution in [0.15, 0.2) is 0 Å². The van der Waals surface area contributed by atoms with Gasteiger partial charge in [-0.25, -0.2) is 0 Å². The van der Waals surface area contributed by atoms with Gasteiger partial charge in [-0.2, -0.15) is 0 Å². The normalized spacial score (nSPS) is 13.2. The molecule has 1 atom stereocenters. The minimum atomic E-state index is -0.0532. The molecule has 0 aromatic carbocycles. The lowest BCUT2D eigenvalue weighted by atomic mass is 10.4. The molecule has 0 heterocycles. The van der Waals surface area contributed by atoms with E-state index in [9.17, 15) is 4.79 Å². The Morgan fingerprint density at radius 2 is 2.20 bits per heavy atom. The maximum atomic E-state index is 9.95. The second kappa shape index (κ2) is 5.23. The average Bonchev–Trinajstić information content (AvgIpc) is 1.99. The van der Waals surface area contributed by atoms with E-state index in [-0.39, 0.29) is 6.23 Å². The molecule has 3 heteroatoms. The quantitative estimate of drug-likeness (QED) is 0.424. The van der Waals surface area contributed by atoms with Crippen molar-refractivity contribution in [2.45, 2.75) is 26.5 Å². The Labute approximate surface area is 62.0 Å². The first-order chi connectivity index (χ1) is 4.76. The molecule has 0 fully saturated rings. The lowest BCUT2D eigenvalue weighted by Gasteiger charge is -2.23. The van der Waals surface area contributed by atoms with Gasteiger partial charge in [0.05, 0.1) is 0 Å². The van der Waals surface area contributed by atoms with Crippen LogP contribution in [0.1, 0.15) is 20.3 Å². The summed E-state index contributed by atoms with van der Waals surface area (Å²) in [6, 6.07) is 0. The van der Waals surface area contributed by atoms with Gasteiger partial charge in [0.2, 0.25) is 0 Å². The minimum Gasteiger partial charge on any atom is -0.449 e. The third-order valence-electron chi connectivity index (χ3n) is 1.55. The Kier molecular flexibility index (Phi) is 4.94. The maximum Gasteiger partial charge on any atom is 0.294 e. The molecule has 0 bridgehead atoms. The van der Waals surface area contributed by atoms with Crippen molar-refractivity contribution in [3.05, 3.63) is 0 Å². The summed E-state index contributed by atoms with van der Waals surface area (Å²) < 4.78 is 4.79. The topological polar surface area (TPSA) is 29.5 Å². The summed E-state index contributed by atoms with van der Waals surface area (Å²) in [6.45, 7) is 5.41. The van der Waals surface area contributed by atoms with Crippen molar-refractivity contribution in [2.75, 3.05) is 13.6 Å². The molecular formula is C7H15NO2. The van der Waals surface area contributed by atoms with Crippen LogP contribution in [-0.4, -0.2) is 31.2 Å². The summed E-state index contributed by atoms with van der Waals surface area (Å²) in [5.74, 6) is 0. The van der Waals surface area contributed by atoms with Gasteiger partial charge >= 0.3 is 0 Å². The zero-order valence-corrected chi connectivity index (χ0v) is 6.83. The van der Waals surface area contributed by atoms with Gasteiger partial charge in [-0.05, 0) is 20.0 Å². The molecule has 0 aliphatic rings. The standard InChI is InChI=1S/C7H15NO2/c1-4-7(10-6-9)8(3)5-2/h6-7H,4-5H2,1-3H3. The number of carbonyl (C=O) groups is 1. The fourth-order valence-electron chi connectivity index (χ4n) is 0.780. The van der Waals surface area contributed by atoms with Gasteiger partial charge in [0.25, 0.3) is 6.47 Å². The van der Waals surface area contributed by atoms with Gasteiger partial charge in [0.15, 0.2) is 6.23 Å². The smallest absolute Gasteiger partial charge is 0.294 e. The van der Waals surface area contributed by atoms with Crippen molar-refractivity contribution in [3.63, 3.8) is 0 Å². The highest BCUT2D eigenvalue weighted by molar-refractivity contribution is 5.37. The molecule has 3 nitrogen and oxygen atoms in total. The molecule has 0 amide bonds. The molecule has 10 heavy (non-hydrogen) atoms. The van der Waals surface area contributed by atoms with Gasteiger partial charge in [-0.15, -0.1) is 0 Å². The largest absolute Gasteiger partial charge is 0.449 e. The summed E-state index contributed by atoms with van der Waals surface area (Å²) in [4.78, 5) is 11.9. The lowest BCUT2D eigenvalue weighted by molar-refractivity contribution is -0.142. The van der Waals surface area contributed by atoms with E-state index in [4.69, 9.17) is 4.74 Å². The second-order valence-electron chi connectivity index (χ2n) is 2.17. The van der Waals surface area contributed by atoms with Gasteiger partial charge in [-0.3, -0.25) is 9.69 Å². The Bertz CT molecular complexity index is 95.6.